The van der Waals surface area contributed by atoms with Gasteiger partial charge in [0, 0.05) is 38.3 Å². The summed E-state index contributed by atoms with van der Waals surface area (Å²) >= 11 is 0. The van der Waals surface area contributed by atoms with E-state index < -0.39 is 15.8 Å². The number of sulfonamides is 1. The van der Waals surface area contributed by atoms with Gasteiger partial charge in [-0.05, 0) is 12.6 Å². The number of nitrogens with zero attached hydrogens (tertiary/aromatic N) is 3. The zero-order valence-electron chi connectivity index (χ0n) is 14.1. The van der Waals surface area contributed by atoms with Crippen molar-refractivity contribution < 1.29 is 17.6 Å². The molecule has 1 fully saturated rings. The zero-order valence-corrected chi connectivity index (χ0v) is 14.9. The highest BCUT2D eigenvalue weighted by molar-refractivity contribution is 7.88. The van der Waals surface area contributed by atoms with Gasteiger partial charge in [-0.1, -0.05) is 25.1 Å². The molecule has 0 aliphatic carbocycles. The van der Waals surface area contributed by atoms with Gasteiger partial charge < -0.3 is 9.80 Å². The molecule has 0 radical (unpaired) electrons. The van der Waals surface area contributed by atoms with Gasteiger partial charge in [0.05, 0.1) is 12.8 Å². The average molecular weight is 357 g/mol. The van der Waals surface area contributed by atoms with Crippen LogP contribution in [0.4, 0.5) is 4.39 Å². The van der Waals surface area contributed by atoms with Crippen molar-refractivity contribution in [2.75, 3.05) is 45.5 Å². The molecule has 24 heavy (non-hydrogen) atoms. The Bertz CT molecular complexity index is 673. The summed E-state index contributed by atoms with van der Waals surface area (Å²) in [5.74, 6) is -0.720. The molecule has 0 N–H and O–H groups in total. The van der Waals surface area contributed by atoms with Gasteiger partial charge in [-0.15, -0.1) is 0 Å². The van der Waals surface area contributed by atoms with Gasteiger partial charge in [0.2, 0.25) is 15.9 Å². The van der Waals surface area contributed by atoms with Crippen LogP contribution in [0.15, 0.2) is 24.3 Å². The molecular weight excluding hydrogens is 333 g/mol. The summed E-state index contributed by atoms with van der Waals surface area (Å²) in [6.07, 6.45) is 1.04. The van der Waals surface area contributed by atoms with E-state index in [1.165, 1.54) is 12.1 Å². The van der Waals surface area contributed by atoms with Crippen molar-refractivity contribution in [1.29, 1.82) is 0 Å². The first-order valence-electron chi connectivity index (χ1n) is 8.00. The van der Waals surface area contributed by atoms with Crippen LogP contribution in [0.1, 0.15) is 12.5 Å². The molecule has 1 amide bonds. The van der Waals surface area contributed by atoms with E-state index in [9.17, 15) is 17.6 Å². The minimum absolute atomic E-state index is 0.147. The Morgan fingerprint density at radius 2 is 1.83 bits per heavy atom. The maximum atomic E-state index is 13.8. The lowest BCUT2D eigenvalue weighted by atomic mass is 10.2. The smallest absolute Gasteiger partial charge is 0.237 e. The number of hydrogen-bond acceptors (Lipinski definition) is 4. The molecule has 1 saturated heterocycles. The molecule has 0 aromatic heterocycles. The fourth-order valence-electron chi connectivity index (χ4n) is 2.67. The maximum absolute atomic E-state index is 13.8. The lowest BCUT2D eigenvalue weighted by molar-refractivity contribution is -0.133. The number of carbonyl (C=O) groups is 1. The molecule has 0 unspecified atom stereocenters. The number of hydrogen-bond donors (Lipinski definition) is 0. The van der Waals surface area contributed by atoms with Crippen molar-refractivity contribution in [3.63, 3.8) is 0 Å². The van der Waals surface area contributed by atoms with Crippen molar-refractivity contribution in [2.45, 2.75) is 13.5 Å². The quantitative estimate of drug-likeness (QED) is 0.754. The number of benzene rings is 1. The van der Waals surface area contributed by atoms with Crippen LogP contribution in [0, 0.1) is 5.82 Å². The first-order valence-corrected chi connectivity index (χ1v) is 9.84. The Labute approximate surface area is 142 Å². The van der Waals surface area contributed by atoms with E-state index in [1.807, 2.05) is 0 Å². The lowest BCUT2D eigenvalue weighted by Gasteiger charge is -2.35. The highest BCUT2D eigenvalue weighted by atomic mass is 32.2. The molecule has 1 heterocycles. The Hall–Kier alpha value is -1.51. The van der Waals surface area contributed by atoms with E-state index in [0.717, 1.165) is 30.2 Å². The molecule has 6 nitrogen and oxygen atoms in total. The van der Waals surface area contributed by atoms with Crippen molar-refractivity contribution in [3.05, 3.63) is 35.6 Å². The van der Waals surface area contributed by atoms with Crippen LogP contribution in [-0.4, -0.2) is 74.0 Å². The molecule has 134 valence electrons. The minimum Gasteiger partial charge on any atom is -0.339 e. The Kier molecular flexibility index (Phi) is 6.31. The highest BCUT2D eigenvalue weighted by Gasteiger charge is 2.26. The highest BCUT2D eigenvalue weighted by Crippen LogP contribution is 2.13. The summed E-state index contributed by atoms with van der Waals surface area (Å²) in [7, 11) is -3.62. The number of amides is 1. The fourth-order valence-corrected chi connectivity index (χ4v) is 3.39. The van der Waals surface area contributed by atoms with Crippen molar-refractivity contribution in [3.8, 4) is 0 Å². The monoisotopic (exact) mass is 357 g/mol. The van der Waals surface area contributed by atoms with Gasteiger partial charge in [-0.2, -0.15) is 4.31 Å². The second kappa shape index (κ2) is 8.04. The van der Waals surface area contributed by atoms with E-state index in [-0.39, 0.29) is 24.6 Å². The zero-order chi connectivity index (χ0) is 17.7. The molecule has 0 saturated carbocycles. The third-order valence-electron chi connectivity index (χ3n) is 4.26. The van der Waals surface area contributed by atoms with Crippen LogP contribution >= 0.6 is 0 Å². The predicted octanol–water partition coefficient (Wildman–Crippen LogP) is 0.751. The SMILES string of the molecule is CCN1CCN(C(=O)CN(Cc2ccccc2F)S(C)(=O)=O)CC1. The lowest BCUT2D eigenvalue weighted by Crippen LogP contribution is -2.51. The van der Waals surface area contributed by atoms with Gasteiger partial charge in [0.15, 0.2) is 0 Å². The summed E-state index contributed by atoms with van der Waals surface area (Å²) in [6, 6.07) is 5.99. The van der Waals surface area contributed by atoms with Crippen LogP contribution in [-0.2, 0) is 21.4 Å². The van der Waals surface area contributed by atoms with Crippen LogP contribution in [0.2, 0.25) is 0 Å². The molecule has 0 spiro atoms. The standard InChI is InChI=1S/C16H24FN3O3S/c1-3-18-8-10-19(11-9-18)16(21)13-20(24(2,22)23)12-14-6-4-5-7-15(14)17/h4-7H,3,8-13H2,1-2H3. The predicted molar refractivity (Wildman–Crippen MR) is 90.3 cm³/mol. The summed E-state index contributed by atoms with van der Waals surface area (Å²) < 4.78 is 38.8. The van der Waals surface area contributed by atoms with E-state index in [0.29, 0.717) is 13.1 Å². The first-order chi connectivity index (χ1) is 11.3. The van der Waals surface area contributed by atoms with Crippen LogP contribution in [0.25, 0.3) is 0 Å². The topological polar surface area (TPSA) is 60.9 Å². The second-order valence-corrected chi connectivity index (χ2v) is 7.92. The second-order valence-electron chi connectivity index (χ2n) is 5.94. The molecule has 8 heteroatoms. The van der Waals surface area contributed by atoms with Gasteiger partial charge in [-0.25, -0.2) is 12.8 Å². The first kappa shape index (κ1) is 18.8. The Morgan fingerprint density at radius 3 is 2.38 bits per heavy atom. The van der Waals surface area contributed by atoms with E-state index in [2.05, 4.69) is 11.8 Å². The number of carbonyl (C=O) groups excluding carboxylic acids is 1. The van der Waals surface area contributed by atoms with Crippen molar-refractivity contribution in [2.24, 2.45) is 0 Å². The number of rotatable bonds is 6. The molecule has 0 bridgehead atoms. The van der Waals surface area contributed by atoms with E-state index >= 15 is 0 Å². The van der Waals surface area contributed by atoms with E-state index in [4.69, 9.17) is 0 Å². The minimum atomic E-state index is -3.62. The maximum Gasteiger partial charge on any atom is 0.237 e. The molecular formula is C16H24FN3O3S. The number of halogens is 1. The van der Waals surface area contributed by atoms with Gasteiger partial charge >= 0.3 is 0 Å². The molecule has 1 aliphatic rings. The number of likely N-dealkylation sites (N-methyl/N-ethyl adjacent to an activating group) is 1. The molecule has 1 aromatic carbocycles. The molecule has 2 rings (SSSR count). The third-order valence-corrected chi connectivity index (χ3v) is 5.45. The summed E-state index contributed by atoms with van der Waals surface area (Å²) in [5, 5.41) is 0. The van der Waals surface area contributed by atoms with Gasteiger partial charge in [0.1, 0.15) is 5.82 Å². The molecule has 1 aliphatic heterocycles. The van der Waals surface area contributed by atoms with E-state index in [1.54, 1.807) is 17.0 Å². The van der Waals surface area contributed by atoms with Gasteiger partial charge in [-0.3, -0.25) is 4.79 Å². The van der Waals surface area contributed by atoms with Crippen molar-refractivity contribution >= 4 is 15.9 Å². The largest absolute Gasteiger partial charge is 0.339 e. The van der Waals surface area contributed by atoms with Crippen LogP contribution in [0.3, 0.4) is 0 Å². The fraction of sp³-hybridized carbons (Fsp3) is 0.562. The summed E-state index contributed by atoms with van der Waals surface area (Å²) in [5.41, 5.74) is 0.256. The Balaban J connectivity index is 2.04. The van der Waals surface area contributed by atoms with Crippen LogP contribution in [0.5, 0.6) is 0 Å². The Morgan fingerprint density at radius 1 is 1.21 bits per heavy atom. The normalized spacial score (nSPS) is 16.6. The molecule has 0 atom stereocenters. The third kappa shape index (κ3) is 4.99. The van der Waals surface area contributed by atoms with Crippen molar-refractivity contribution in [1.82, 2.24) is 14.1 Å². The summed E-state index contributed by atoms with van der Waals surface area (Å²) in [4.78, 5) is 16.3. The summed E-state index contributed by atoms with van der Waals surface area (Å²) in [6.45, 7) is 5.34. The average Bonchev–Trinajstić information content (AvgIpc) is 2.55. The van der Waals surface area contributed by atoms with Gasteiger partial charge in [0.25, 0.3) is 0 Å². The van der Waals surface area contributed by atoms with Crippen LogP contribution < -0.4 is 0 Å². The molecule has 1 aromatic rings. The number of piperazine rings is 1.